The van der Waals surface area contributed by atoms with Gasteiger partial charge in [0, 0.05) is 0 Å². The maximum Gasteiger partial charge on any atom is 0.320 e. The van der Waals surface area contributed by atoms with Gasteiger partial charge in [0.25, 0.3) is 0 Å². The molecule has 26 heavy (non-hydrogen) atoms. The Hall–Kier alpha value is -1.71. The van der Waals surface area contributed by atoms with E-state index in [0.717, 1.165) is 63.4 Å². The van der Waals surface area contributed by atoms with Gasteiger partial charge in [-0.05, 0) is 43.4 Å². The molecule has 1 saturated heterocycles. The molecule has 1 atom stereocenters. The van der Waals surface area contributed by atoms with Crippen molar-refractivity contribution in [2.75, 3.05) is 0 Å². The van der Waals surface area contributed by atoms with Crippen LogP contribution >= 0.6 is 0 Å². The Morgan fingerprint density at radius 1 is 0.808 bits per heavy atom. The van der Waals surface area contributed by atoms with E-state index in [1.165, 1.54) is 12.1 Å². The number of carbonyl (C=O) groups excluding carboxylic acids is 2. The maximum atomic E-state index is 13.9. The van der Waals surface area contributed by atoms with Crippen molar-refractivity contribution in [3.05, 3.63) is 35.6 Å². The second kappa shape index (κ2) is 6.79. The number of rotatable bonds is 1. The van der Waals surface area contributed by atoms with E-state index in [1.54, 1.807) is 12.1 Å². The van der Waals surface area contributed by atoms with E-state index in [9.17, 15) is 14.0 Å². The number of ketones is 1. The highest BCUT2D eigenvalue weighted by Gasteiger charge is 2.63. The second-order valence-electron chi connectivity index (χ2n) is 8.38. The molecule has 0 amide bonds. The molecule has 3 fully saturated rings. The monoisotopic (exact) mass is 358 g/mol. The van der Waals surface area contributed by atoms with Crippen molar-refractivity contribution < 1.29 is 18.7 Å². The van der Waals surface area contributed by atoms with Gasteiger partial charge >= 0.3 is 5.97 Å². The van der Waals surface area contributed by atoms with Gasteiger partial charge in [-0.25, -0.2) is 4.39 Å². The first-order chi connectivity index (χ1) is 12.6. The molecule has 1 aliphatic heterocycles. The highest BCUT2D eigenvalue weighted by Crippen LogP contribution is 2.58. The van der Waals surface area contributed by atoms with E-state index in [4.69, 9.17) is 4.74 Å². The molecule has 3 aliphatic rings. The van der Waals surface area contributed by atoms with Gasteiger partial charge in [0.1, 0.15) is 17.3 Å². The van der Waals surface area contributed by atoms with Gasteiger partial charge < -0.3 is 4.74 Å². The Labute approximate surface area is 154 Å². The quantitative estimate of drug-likeness (QED) is 0.506. The average Bonchev–Trinajstić information content (AvgIpc) is 2.92. The molecular formula is C22H27FO3. The maximum absolute atomic E-state index is 13.9. The highest BCUT2D eigenvalue weighted by atomic mass is 19.1. The Kier molecular flexibility index (Phi) is 4.62. The average molecular weight is 358 g/mol. The fourth-order valence-corrected chi connectivity index (χ4v) is 5.48. The minimum absolute atomic E-state index is 0.122. The lowest BCUT2D eigenvalue weighted by Gasteiger charge is -2.50. The second-order valence-corrected chi connectivity index (χ2v) is 8.38. The largest absolute Gasteiger partial charge is 0.456 e. The number of benzene rings is 1. The number of cyclic esters (lactones) is 1. The SMILES string of the molecule is O=C1OC(c2ccc(F)cc2)C2(CCCCCC2)C(=O)C12CCCCC2. The molecule has 2 spiro atoms. The predicted molar refractivity (Wildman–Crippen MR) is 95.9 cm³/mol. The van der Waals surface area contributed by atoms with Crippen molar-refractivity contribution in [1.29, 1.82) is 0 Å². The fraction of sp³-hybridized carbons (Fsp3) is 0.636. The summed E-state index contributed by atoms with van der Waals surface area (Å²) >= 11 is 0. The van der Waals surface area contributed by atoms with E-state index in [2.05, 4.69) is 0 Å². The third-order valence-corrected chi connectivity index (χ3v) is 6.88. The summed E-state index contributed by atoms with van der Waals surface area (Å²) in [5.41, 5.74) is -0.820. The molecule has 1 unspecified atom stereocenters. The number of ether oxygens (including phenoxy) is 1. The topological polar surface area (TPSA) is 43.4 Å². The molecule has 1 heterocycles. The van der Waals surface area contributed by atoms with E-state index >= 15 is 0 Å². The van der Waals surface area contributed by atoms with Gasteiger partial charge in [0.15, 0.2) is 5.78 Å². The summed E-state index contributed by atoms with van der Waals surface area (Å²) in [6, 6.07) is 6.13. The molecule has 1 aromatic carbocycles. The zero-order valence-electron chi connectivity index (χ0n) is 15.3. The number of Topliss-reactive ketones (excluding diaryl/α,β-unsaturated/α-hetero) is 1. The first-order valence-corrected chi connectivity index (χ1v) is 10.1. The molecule has 0 N–H and O–H groups in total. The van der Waals surface area contributed by atoms with Gasteiger partial charge in [-0.1, -0.05) is 57.1 Å². The zero-order valence-corrected chi connectivity index (χ0v) is 15.3. The summed E-state index contributed by atoms with van der Waals surface area (Å²) in [4.78, 5) is 26.9. The standard InChI is InChI=1S/C22H27FO3/c23-17-10-8-16(9-11-17)18-21(12-4-1-2-5-13-21)19(24)22(20(25)26-18)14-6-3-7-15-22/h8-11,18H,1-7,12-15H2. The van der Waals surface area contributed by atoms with Crippen molar-refractivity contribution in [2.45, 2.75) is 76.7 Å². The Morgan fingerprint density at radius 2 is 1.35 bits per heavy atom. The van der Waals surface area contributed by atoms with Gasteiger partial charge in [-0.2, -0.15) is 0 Å². The first-order valence-electron chi connectivity index (χ1n) is 10.1. The van der Waals surface area contributed by atoms with Gasteiger partial charge in [0.05, 0.1) is 5.41 Å². The lowest BCUT2D eigenvalue weighted by molar-refractivity contribution is -0.196. The number of carbonyl (C=O) groups is 2. The molecule has 2 saturated carbocycles. The van der Waals surface area contributed by atoms with Crippen LogP contribution in [0.2, 0.25) is 0 Å². The minimum atomic E-state index is -0.931. The van der Waals surface area contributed by atoms with E-state index in [0.29, 0.717) is 12.8 Å². The molecule has 4 rings (SSSR count). The normalized spacial score (nSPS) is 28.0. The summed E-state index contributed by atoms with van der Waals surface area (Å²) < 4.78 is 19.5. The molecular weight excluding hydrogens is 331 g/mol. The van der Waals surface area contributed by atoms with Crippen LogP contribution in [0.4, 0.5) is 4.39 Å². The van der Waals surface area contributed by atoms with Gasteiger partial charge in [-0.15, -0.1) is 0 Å². The lowest BCUT2D eigenvalue weighted by atomic mass is 9.56. The predicted octanol–water partition coefficient (Wildman–Crippen LogP) is 5.28. The third-order valence-electron chi connectivity index (χ3n) is 6.88. The Bertz CT molecular complexity index is 680. The number of halogens is 1. The molecule has 0 radical (unpaired) electrons. The van der Waals surface area contributed by atoms with Crippen molar-refractivity contribution in [2.24, 2.45) is 10.8 Å². The van der Waals surface area contributed by atoms with Crippen LogP contribution in [0.15, 0.2) is 24.3 Å². The van der Waals surface area contributed by atoms with Crippen molar-refractivity contribution in [3.63, 3.8) is 0 Å². The first kappa shape index (κ1) is 17.7. The smallest absolute Gasteiger partial charge is 0.320 e. The summed E-state index contributed by atoms with van der Waals surface area (Å²) in [5.74, 6) is -0.538. The van der Waals surface area contributed by atoms with Crippen molar-refractivity contribution >= 4 is 11.8 Å². The third kappa shape index (κ3) is 2.69. The van der Waals surface area contributed by atoms with Crippen LogP contribution in [-0.4, -0.2) is 11.8 Å². The van der Waals surface area contributed by atoms with Crippen LogP contribution in [-0.2, 0) is 14.3 Å². The van der Waals surface area contributed by atoms with Crippen LogP contribution in [0.5, 0.6) is 0 Å². The Balaban J connectivity index is 1.79. The van der Waals surface area contributed by atoms with Crippen molar-refractivity contribution in [3.8, 4) is 0 Å². The van der Waals surface area contributed by atoms with Gasteiger partial charge in [0.2, 0.25) is 0 Å². The molecule has 4 heteroatoms. The summed E-state index contributed by atoms with van der Waals surface area (Å²) in [5, 5.41) is 0. The van der Waals surface area contributed by atoms with Crippen LogP contribution < -0.4 is 0 Å². The van der Waals surface area contributed by atoms with Crippen LogP contribution in [0.25, 0.3) is 0 Å². The summed E-state index contributed by atoms with van der Waals surface area (Å²) in [6.45, 7) is 0. The van der Waals surface area contributed by atoms with Crippen LogP contribution in [0.3, 0.4) is 0 Å². The van der Waals surface area contributed by atoms with Crippen molar-refractivity contribution in [1.82, 2.24) is 0 Å². The number of hydrogen-bond donors (Lipinski definition) is 0. The summed E-state index contributed by atoms with van der Waals surface area (Å²) in [7, 11) is 0. The molecule has 1 aromatic rings. The highest BCUT2D eigenvalue weighted by molar-refractivity contribution is 6.09. The minimum Gasteiger partial charge on any atom is -0.456 e. The van der Waals surface area contributed by atoms with Crippen LogP contribution in [0.1, 0.15) is 82.3 Å². The number of esters is 1. The van der Waals surface area contributed by atoms with Gasteiger partial charge in [-0.3, -0.25) is 9.59 Å². The fourth-order valence-electron chi connectivity index (χ4n) is 5.48. The van der Waals surface area contributed by atoms with E-state index < -0.39 is 16.9 Å². The summed E-state index contributed by atoms with van der Waals surface area (Å²) in [6.07, 6.45) is 9.32. The molecule has 3 nitrogen and oxygen atoms in total. The molecule has 0 aromatic heterocycles. The van der Waals surface area contributed by atoms with E-state index in [1.807, 2.05) is 0 Å². The van der Waals surface area contributed by atoms with E-state index in [-0.39, 0.29) is 17.6 Å². The number of hydrogen-bond acceptors (Lipinski definition) is 3. The lowest BCUT2D eigenvalue weighted by Crippen LogP contribution is -2.57. The molecule has 0 bridgehead atoms. The van der Waals surface area contributed by atoms with Crippen LogP contribution in [0, 0.1) is 16.6 Å². The Morgan fingerprint density at radius 3 is 1.96 bits per heavy atom. The molecule has 140 valence electrons. The zero-order chi connectivity index (χ0) is 18.2. The molecule has 2 aliphatic carbocycles.